The van der Waals surface area contributed by atoms with Gasteiger partial charge in [-0.05, 0) is 47.3 Å². The Bertz CT molecular complexity index is 448. The maximum atomic E-state index is 11.7. The number of carbonyl (C=O) groups excluding carboxylic acids is 1. The number of pyridine rings is 1. The molecule has 1 aliphatic heterocycles. The normalized spacial score (nSPS) is 18.5. The zero-order chi connectivity index (χ0) is 13.7. The van der Waals surface area contributed by atoms with Crippen molar-refractivity contribution in [2.45, 2.75) is 25.9 Å². The molecule has 1 aromatic rings. The summed E-state index contributed by atoms with van der Waals surface area (Å²) in [5.74, 6) is 0.332. The zero-order valence-electron chi connectivity index (χ0n) is 10.8. The number of ether oxygens (including phenoxy) is 2. The Morgan fingerprint density at radius 2 is 2.53 bits per heavy atom. The lowest BCUT2D eigenvalue weighted by molar-refractivity contribution is -0.121. The molecule has 0 aliphatic carbocycles. The van der Waals surface area contributed by atoms with E-state index in [9.17, 15) is 4.79 Å². The zero-order valence-corrected chi connectivity index (χ0v) is 12.4. The van der Waals surface area contributed by atoms with Crippen molar-refractivity contribution in [1.82, 2.24) is 4.98 Å². The molecular weight excluding hydrogens is 312 g/mol. The molecule has 0 saturated carbocycles. The summed E-state index contributed by atoms with van der Waals surface area (Å²) in [6.07, 6.45) is 3.89. The Kier molecular flexibility index (Phi) is 5.30. The van der Waals surface area contributed by atoms with Crippen molar-refractivity contribution in [3.63, 3.8) is 0 Å². The summed E-state index contributed by atoms with van der Waals surface area (Å²) in [5.41, 5.74) is 1.02. The number of aromatic nitrogens is 1. The molecule has 2 rings (SSSR count). The van der Waals surface area contributed by atoms with Crippen LogP contribution in [0.3, 0.4) is 0 Å². The smallest absolute Gasteiger partial charge is 0.251 e. The molecule has 0 spiro atoms. The molecule has 1 atom stereocenters. The van der Waals surface area contributed by atoms with Gasteiger partial charge < -0.3 is 14.8 Å². The Morgan fingerprint density at radius 3 is 3.21 bits per heavy atom. The van der Waals surface area contributed by atoms with E-state index in [2.05, 4.69) is 26.2 Å². The molecule has 0 aromatic carbocycles. The molecule has 104 valence electrons. The van der Waals surface area contributed by atoms with Crippen molar-refractivity contribution >= 4 is 27.7 Å². The maximum Gasteiger partial charge on any atom is 0.251 e. The highest BCUT2D eigenvalue weighted by Crippen LogP contribution is 2.17. The first kappa shape index (κ1) is 14.4. The van der Waals surface area contributed by atoms with Crippen LogP contribution in [0.25, 0.3) is 0 Å². The van der Waals surface area contributed by atoms with Crippen molar-refractivity contribution in [3.8, 4) is 0 Å². The average molecular weight is 329 g/mol. The predicted octanol–water partition coefficient (Wildman–Crippen LogP) is 2.29. The Morgan fingerprint density at radius 1 is 1.68 bits per heavy atom. The van der Waals surface area contributed by atoms with Crippen LogP contribution in [-0.4, -0.2) is 36.8 Å². The number of hydrogen-bond acceptors (Lipinski definition) is 4. The summed E-state index contributed by atoms with van der Waals surface area (Å²) in [6.45, 7) is 3.23. The van der Waals surface area contributed by atoms with Gasteiger partial charge in [0.25, 0.3) is 5.91 Å². The highest BCUT2D eigenvalue weighted by molar-refractivity contribution is 9.10. The fraction of sp³-hybridized carbons (Fsp3) is 0.538. The lowest BCUT2D eigenvalue weighted by Crippen LogP contribution is -2.22. The summed E-state index contributed by atoms with van der Waals surface area (Å²) in [6, 6.07) is 1.81. The first-order valence-corrected chi connectivity index (χ1v) is 7.06. The molecule has 1 N–H and O–H groups in total. The Labute approximate surface area is 120 Å². The second-order valence-corrected chi connectivity index (χ2v) is 5.37. The number of rotatable bonds is 5. The van der Waals surface area contributed by atoms with Gasteiger partial charge in [0.05, 0.1) is 12.7 Å². The van der Waals surface area contributed by atoms with Crippen LogP contribution < -0.4 is 5.32 Å². The fourth-order valence-electron chi connectivity index (χ4n) is 1.85. The quantitative estimate of drug-likeness (QED) is 0.900. The number of halogens is 1. The highest BCUT2D eigenvalue weighted by atomic mass is 79.9. The summed E-state index contributed by atoms with van der Waals surface area (Å²) < 4.78 is 11.7. The number of nitrogens with zero attached hydrogens (tertiary/aromatic N) is 1. The number of anilines is 1. The molecule has 19 heavy (non-hydrogen) atoms. The van der Waals surface area contributed by atoms with E-state index in [4.69, 9.17) is 9.47 Å². The summed E-state index contributed by atoms with van der Waals surface area (Å²) in [4.78, 5) is 15.8. The third kappa shape index (κ3) is 4.56. The van der Waals surface area contributed by atoms with Crippen molar-refractivity contribution in [2.24, 2.45) is 0 Å². The summed E-state index contributed by atoms with van der Waals surface area (Å²) in [7, 11) is 0. The largest absolute Gasteiger partial charge is 0.376 e. The second-order valence-electron chi connectivity index (χ2n) is 4.52. The maximum absolute atomic E-state index is 11.7. The molecule has 0 unspecified atom stereocenters. The van der Waals surface area contributed by atoms with E-state index in [0.717, 1.165) is 29.5 Å². The molecule has 1 saturated heterocycles. The number of nitrogens with one attached hydrogen (secondary N) is 1. The monoisotopic (exact) mass is 328 g/mol. The van der Waals surface area contributed by atoms with Crippen LogP contribution in [0.5, 0.6) is 0 Å². The van der Waals surface area contributed by atoms with Gasteiger partial charge in [0.2, 0.25) is 0 Å². The molecular formula is C13H17BrN2O3. The second kappa shape index (κ2) is 6.98. The minimum Gasteiger partial charge on any atom is -0.376 e. The predicted molar refractivity (Wildman–Crippen MR) is 75.1 cm³/mol. The van der Waals surface area contributed by atoms with Gasteiger partial charge in [0.1, 0.15) is 12.4 Å². The average Bonchev–Trinajstić information content (AvgIpc) is 2.87. The lowest BCUT2D eigenvalue weighted by atomic mass is 10.2. The van der Waals surface area contributed by atoms with Crippen LogP contribution in [0.2, 0.25) is 0 Å². The SMILES string of the molecule is Cc1cc(NC(=O)COC[C@H]2CCCO2)ncc1Br. The summed E-state index contributed by atoms with van der Waals surface area (Å²) in [5, 5.41) is 2.70. The van der Waals surface area contributed by atoms with Crippen LogP contribution in [-0.2, 0) is 14.3 Å². The van der Waals surface area contributed by atoms with Gasteiger partial charge in [-0.15, -0.1) is 0 Å². The Hall–Kier alpha value is -0.980. The van der Waals surface area contributed by atoms with Crippen molar-refractivity contribution < 1.29 is 14.3 Å². The van der Waals surface area contributed by atoms with Crippen LogP contribution in [0.1, 0.15) is 18.4 Å². The van der Waals surface area contributed by atoms with E-state index in [1.165, 1.54) is 0 Å². The van der Waals surface area contributed by atoms with E-state index >= 15 is 0 Å². The van der Waals surface area contributed by atoms with E-state index in [1.807, 2.05) is 13.0 Å². The molecule has 1 fully saturated rings. The molecule has 6 heteroatoms. The number of hydrogen-bond donors (Lipinski definition) is 1. The number of amides is 1. The van der Waals surface area contributed by atoms with Gasteiger partial charge in [0, 0.05) is 17.3 Å². The van der Waals surface area contributed by atoms with Crippen LogP contribution in [0.15, 0.2) is 16.7 Å². The fourth-order valence-corrected chi connectivity index (χ4v) is 2.06. The Balaban J connectivity index is 1.72. The van der Waals surface area contributed by atoms with Crippen LogP contribution in [0.4, 0.5) is 5.82 Å². The van der Waals surface area contributed by atoms with Crippen molar-refractivity contribution in [2.75, 3.05) is 25.1 Å². The first-order chi connectivity index (χ1) is 9.15. The van der Waals surface area contributed by atoms with Crippen LogP contribution >= 0.6 is 15.9 Å². The molecule has 2 heterocycles. The van der Waals surface area contributed by atoms with E-state index in [-0.39, 0.29) is 18.6 Å². The van der Waals surface area contributed by atoms with Crippen molar-refractivity contribution in [3.05, 3.63) is 22.3 Å². The first-order valence-electron chi connectivity index (χ1n) is 6.26. The van der Waals surface area contributed by atoms with Gasteiger partial charge in [-0.2, -0.15) is 0 Å². The van der Waals surface area contributed by atoms with Gasteiger partial charge in [-0.1, -0.05) is 0 Å². The number of aryl methyl sites for hydroxylation is 1. The van der Waals surface area contributed by atoms with Gasteiger partial charge >= 0.3 is 0 Å². The van der Waals surface area contributed by atoms with Gasteiger partial charge in [-0.25, -0.2) is 4.98 Å². The molecule has 1 aliphatic rings. The van der Waals surface area contributed by atoms with E-state index in [1.54, 1.807) is 6.20 Å². The molecule has 5 nitrogen and oxygen atoms in total. The standard InChI is InChI=1S/C13H17BrN2O3/c1-9-5-12(15-6-11(9)14)16-13(17)8-18-7-10-3-2-4-19-10/h5-6,10H,2-4,7-8H2,1H3,(H,15,16,17)/t10-/m1/s1. The minimum atomic E-state index is -0.202. The van der Waals surface area contributed by atoms with Crippen LogP contribution in [0, 0.1) is 6.92 Å². The lowest BCUT2D eigenvalue weighted by Gasteiger charge is -2.10. The molecule has 0 bridgehead atoms. The molecule has 0 radical (unpaired) electrons. The van der Waals surface area contributed by atoms with Gasteiger partial charge in [0.15, 0.2) is 0 Å². The van der Waals surface area contributed by atoms with Crippen molar-refractivity contribution in [1.29, 1.82) is 0 Å². The third-order valence-corrected chi connectivity index (χ3v) is 3.71. The van der Waals surface area contributed by atoms with Gasteiger partial charge in [-0.3, -0.25) is 4.79 Å². The van der Waals surface area contributed by atoms with E-state index in [0.29, 0.717) is 12.4 Å². The topological polar surface area (TPSA) is 60.5 Å². The van der Waals surface area contributed by atoms with E-state index < -0.39 is 0 Å². The molecule has 1 amide bonds. The third-order valence-electron chi connectivity index (χ3n) is 2.88. The number of carbonyl (C=O) groups is 1. The molecule has 1 aromatic heterocycles. The summed E-state index contributed by atoms with van der Waals surface area (Å²) >= 11 is 3.36. The highest BCUT2D eigenvalue weighted by Gasteiger charge is 2.16. The minimum absolute atomic E-state index is 0.0245.